The van der Waals surface area contributed by atoms with E-state index in [0.29, 0.717) is 0 Å². The van der Waals surface area contributed by atoms with Crippen molar-refractivity contribution in [3.63, 3.8) is 0 Å². The quantitative estimate of drug-likeness (QED) is 0.920. The van der Waals surface area contributed by atoms with Crippen LogP contribution in [-0.4, -0.2) is 16.8 Å². The van der Waals surface area contributed by atoms with Gasteiger partial charge in [0.15, 0.2) is 0 Å². The van der Waals surface area contributed by atoms with Gasteiger partial charge in [-0.25, -0.2) is 4.39 Å². The number of aryl methyl sites for hydroxylation is 3. The molecule has 0 saturated heterocycles. The average molecular weight is 261 g/mol. The van der Waals surface area contributed by atoms with Gasteiger partial charge in [0.05, 0.1) is 11.7 Å². The molecule has 102 valence electrons. The molecule has 1 N–H and O–H groups in total. The summed E-state index contributed by atoms with van der Waals surface area (Å²) < 4.78 is 15.4. The van der Waals surface area contributed by atoms with E-state index in [0.717, 1.165) is 28.1 Å². The minimum atomic E-state index is -0.208. The zero-order valence-electron chi connectivity index (χ0n) is 12.1. The first-order chi connectivity index (χ1) is 8.95. The van der Waals surface area contributed by atoms with E-state index >= 15 is 0 Å². The van der Waals surface area contributed by atoms with Gasteiger partial charge in [-0.3, -0.25) is 4.68 Å². The second-order valence-electron chi connectivity index (χ2n) is 4.93. The average Bonchev–Trinajstić information content (AvgIpc) is 2.61. The number of nitrogens with zero attached hydrogens (tertiary/aromatic N) is 2. The van der Waals surface area contributed by atoms with Crippen molar-refractivity contribution in [2.45, 2.75) is 26.8 Å². The van der Waals surface area contributed by atoms with Gasteiger partial charge in [-0.05, 0) is 51.1 Å². The molecular formula is C15H20FN3. The molecule has 0 radical (unpaired) electrons. The van der Waals surface area contributed by atoms with Crippen LogP contribution < -0.4 is 5.32 Å². The molecule has 2 rings (SSSR count). The molecule has 0 amide bonds. The first-order valence-corrected chi connectivity index (χ1v) is 6.39. The lowest BCUT2D eigenvalue weighted by atomic mass is 9.93. The molecule has 0 fully saturated rings. The topological polar surface area (TPSA) is 29.9 Å². The van der Waals surface area contributed by atoms with Crippen LogP contribution in [0.25, 0.3) is 0 Å². The van der Waals surface area contributed by atoms with Crippen LogP contribution in [0.1, 0.15) is 34.1 Å². The maximum absolute atomic E-state index is 13.5. The van der Waals surface area contributed by atoms with Gasteiger partial charge in [0.25, 0.3) is 0 Å². The minimum Gasteiger partial charge on any atom is -0.309 e. The van der Waals surface area contributed by atoms with E-state index < -0.39 is 0 Å². The molecule has 3 nitrogen and oxygen atoms in total. The van der Waals surface area contributed by atoms with Gasteiger partial charge in [-0.15, -0.1) is 0 Å². The zero-order chi connectivity index (χ0) is 14.2. The molecule has 1 unspecified atom stereocenters. The van der Waals surface area contributed by atoms with E-state index in [1.807, 2.05) is 45.6 Å². The number of nitrogens with one attached hydrogen (secondary N) is 1. The molecule has 1 atom stereocenters. The highest BCUT2D eigenvalue weighted by Crippen LogP contribution is 2.29. The fourth-order valence-corrected chi connectivity index (χ4v) is 2.59. The number of hydrogen-bond donors (Lipinski definition) is 1. The Morgan fingerprint density at radius 2 is 1.95 bits per heavy atom. The lowest BCUT2D eigenvalue weighted by Gasteiger charge is -2.20. The smallest absolute Gasteiger partial charge is 0.123 e. The highest BCUT2D eigenvalue weighted by molar-refractivity contribution is 5.40. The van der Waals surface area contributed by atoms with Gasteiger partial charge < -0.3 is 5.32 Å². The molecule has 1 aromatic heterocycles. The summed E-state index contributed by atoms with van der Waals surface area (Å²) in [4.78, 5) is 0. The SMILES string of the molecule is CNC(c1cc(F)ccc1C)c1c(C)nn(C)c1C. The largest absolute Gasteiger partial charge is 0.309 e. The van der Waals surface area contributed by atoms with Gasteiger partial charge in [0.1, 0.15) is 5.82 Å². The first-order valence-electron chi connectivity index (χ1n) is 6.39. The summed E-state index contributed by atoms with van der Waals surface area (Å²) in [7, 11) is 3.82. The van der Waals surface area contributed by atoms with Crippen molar-refractivity contribution in [3.8, 4) is 0 Å². The van der Waals surface area contributed by atoms with Crippen molar-refractivity contribution in [2.24, 2.45) is 7.05 Å². The maximum atomic E-state index is 13.5. The molecule has 0 aliphatic rings. The van der Waals surface area contributed by atoms with Crippen molar-refractivity contribution >= 4 is 0 Å². The van der Waals surface area contributed by atoms with Gasteiger partial charge in [0, 0.05) is 18.3 Å². The first kappa shape index (κ1) is 13.7. The van der Waals surface area contributed by atoms with Gasteiger partial charge in [-0.2, -0.15) is 5.10 Å². The predicted octanol–water partition coefficient (Wildman–Crippen LogP) is 2.79. The molecule has 0 bridgehead atoms. The Balaban J connectivity index is 2.59. The Morgan fingerprint density at radius 1 is 1.26 bits per heavy atom. The Hall–Kier alpha value is -1.68. The fourth-order valence-electron chi connectivity index (χ4n) is 2.59. The fraction of sp³-hybridized carbons (Fsp3) is 0.400. The van der Waals surface area contributed by atoms with Crippen LogP contribution >= 0.6 is 0 Å². The van der Waals surface area contributed by atoms with Crippen molar-refractivity contribution in [1.82, 2.24) is 15.1 Å². The molecule has 0 aliphatic heterocycles. The molecular weight excluding hydrogens is 241 g/mol. The molecule has 0 saturated carbocycles. The van der Waals surface area contributed by atoms with E-state index in [-0.39, 0.29) is 11.9 Å². The van der Waals surface area contributed by atoms with Crippen LogP contribution in [-0.2, 0) is 7.05 Å². The second-order valence-corrected chi connectivity index (χ2v) is 4.93. The van der Waals surface area contributed by atoms with Gasteiger partial charge >= 0.3 is 0 Å². The van der Waals surface area contributed by atoms with E-state index in [1.165, 1.54) is 6.07 Å². The number of halogens is 1. The number of hydrogen-bond acceptors (Lipinski definition) is 2. The molecule has 19 heavy (non-hydrogen) atoms. The van der Waals surface area contributed by atoms with Crippen molar-refractivity contribution < 1.29 is 4.39 Å². The molecule has 1 aromatic carbocycles. The van der Waals surface area contributed by atoms with Crippen LogP contribution in [0, 0.1) is 26.6 Å². The number of rotatable bonds is 3. The molecule has 2 aromatic rings. The molecule has 1 heterocycles. The summed E-state index contributed by atoms with van der Waals surface area (Å²) in [5.41, 5.74) is 5.23. The van der Waals surface area contributed by atoms with E-state index in [4.69, 9.17) is 0 Å². The maximum Gasteiger partial charge on any atom is 0.123 e. The van der Waals surface area contributed by atoms with E-state index in [9.17, 15) is 4.39 Å². The van der Waals surface area contributed by atoms with Crippen LogP contribution in [0.15, 0.2) is 18.2 Å². The third-order valence-corrected chi connectivity index (χ3v) is 3.69. The zero-order valence-corrected chi connectivity index (χ0v) is 12.1. The van der Waals surface area contributed by atoms with Crippen molar-refractivity contribution in [1.29, 1.82) is 0 Å². The Bertz CT molecular complexity index is 602. The number of aromatic nitrogens is 2. The highest BCUT2D eigenvalue weighted by atomic mass is 19.1. The lowest BCUT2D eigenvalue weighted by molar-refractivity contribution is 0.613. The van der Waals surface area contributed by atoms with E-state index in [1.54, 1.807) is 6.07 Å². The predicted molar refractivity (Wildman–Crippen MR) is 74.7 cm³/mol. The third-order valence-electron chi connectivity index (χ3n) is 3.69. The third kappa shape index (κ3) is 2.40. The van der Waals surface area contributed by atoms with Gasteiger partial charge in [-0.1, -0.05) is 6.07 Å². The molecule has 0 aliphatic carbocycles. The van der Waals surface area contributed by atoms with Gasteiger partial charge in [0.2, 0.25) is 0 Å². The van der Waals surface area contributed by atoms with E-state index in [2.05, 4.69) is 10.4 Å². The summed E-state index contributed by atoms with van der Waals surface area (Å²) in [6.07, 6.45) is 0. The monoisotopic (exact) mass is 261 g/mol. The van der Waals surface area contributed by atoms with Crippen molar-refractivity contribution in [2.75, 3.05) is 7.05 Å². The lowest BCUT2D eigenvalue weighted by Crippen LogP contribution is -2.20. The van der Waals surface area contributed by atoms with Crippen LogP contribution in [0.5, 0.6) is 0 Å². The summed E-state index contributed by atoms with van der Waals surface area (Å²) >= 11 is 0. The molecule has 4 heteroatoms. The van der Waals surface area contributed by atoms with Crippen LogP contribution in [0.3, 0.4) is 0 Å². The van der Waals surface area contributed by atoms with Crippen LogP contribution in [0.4, 0.5) is 4.39 Å². The Kier molecular flexibility index (Phi) is 3.71. The minimum absolute atomic E-state index is 0.0376. The Labute approximate surface area is 113 Å². The summed E-state index contributed by atoms with van der Waals surface area (Å²) in [6, 6.07) is 4.87. The summed E-state index contributed by atoms with van der Waals surface area (Å²) in [5, 5.41) is 7.72. The summed E-state index contributed by atoms with van der Waals surface area (Å²) in [6.45, 7) is 6.02. The highest BCUT2D eigenvalue weighted by Gasteiger charge is 2.22. The molecule has 0 spiro atoms. The second kappa shape index (κ2) is 5.13. The Morgan fingerprint density at radius 3 is 2.47 bits per heavy atom. The summed E-state index contributed by atoms with van der Waals surface area (Å²) in [5.74, 6) is -0.208. The van der Waals surface area contributed by atoms with Crippen LogP contribution in [0.2, 0.25) is 0 Å². The van der Waals surface area contributed by atoms with Crippen molar-refractivity contribution in [3.05, 3.63) is 52.1 Å². The number of benzene rings is 1. The normalized spacial score (nSPS) is 12.7. The standard InChI is InChI=1S/C15H20FN3/c1-9-6-7-12(16)8-13(9)15(17-4)14-10(2)18-19(5)11(14)3/h6-8,15,17H,1-5H3.